The Morgan fingerprint density at radius 3 is 2.69 bits per heavy atom. The maximum atomic E-state index is 12.5. The van der Waals surface area contributed by atoms with Crippen LogP contribution in [0.4, 0.5) is 5.69 Å². The number of H-pyrrole nitrogens is 1. The summed E-state index contributed by atoms with van der Waals surface area (Å²) in [5.74, 6) is -0.321. The molecule has 0 unspecified atom stereocenters. The molecule has 1 aliphatic rings. The summed E-state index contributed by atoms with van der Waals surface area (Å²) in [4.78, 5) is 31.6. The fraction of sp³-hybridized carbons (Fsp3) is 0.286. The van der Waals surface area contributed by atoms with Gasteiger partial charge in [0.25, 0.3) is 5.91 Å². The SMILES string of the molecule is O=C(Nc1ccc(-n2c(O)c(C3CCCCC3)[nH]c2=O)c(Cl)c1)c1ccccn1. The Morgan fingerprint density at radius 2 is 2.00 bits per heavy atom. The number of anilines is 1. The van der Waals surface area contributed by atoms with Crippen molar-refractivity contribution in [3.63, 3.8) is 0 Å². The van der Waals surface area contributed by atoms with Crippen molar-refractivity contribution in [2.75, 3.05) is 5.32 Å². The maximum absolute atomic E-state index is 12.5. The van der Waals surface area contributed by atoms with Crippen molar-refractivity contribution in [3.05, 3.63) is 69.5 Å². The lowest BCUT2D eigenvalue weighted by Gasteiger charge is -2.20. The highest BCUT2D eigenvalue weighted by Gasteiger charge is 2.25. The molecule has 0 bridgehead atoms. The molecule has 29 heavy (non-hydrogen) atoms. The third-order valence-electron chi connectivity index (χ3n) is 5.25. The zero-order valence-electron chi connectivity index (χ0n) is 15.7. The largest absolute Gasteiger partial charge is 0.493 e. The number of halogens is 1. The summed E-state index contributed by atoms with van der Waals surface area (Å²) in [6, 6.07) is 9.82. The molecule has 4 rings (SSSR count). The topological polar surface area (TPSA) is 100 Å². The van der Waals surface area contributed by atoms with E-state index in [1.807, 2.05) is 0 Å². The van der Waals surface area contributed by atoms with E-state index in [4.69, 9.17) is 11.6 Å². The normalized spacial score (nSPS) is 14.7. The molecule has 2 heterocycles. The lowest BCUT2D eigenvalue weighted by Crippen LogP contribution is -2.16. The van der Waals surface area contributed by atoms with Crippen molar-refractivity contribution in [2.24, 2.45) is 0 Å². The Kier molecular flexibility index (Phi) is 5.40. The van der Waals surface area contributed by atoms with Gasteiger partial charge in [-0.3, -0.25) is 9.78 Å². The molecule has 1 saturated carbocycles. The molecule has 0 spiro atoms. The number of aromatic amines is 1. The van der Waals surface area contributed by atoms with Crippen molar-refractivity contribution >= 4 is 23.2 Å². The third-order valence-corrected chi connectivity index (χ3v) is 5.56. The minimum absolute atomic E-state index is 0.103. The molecule has 2 aromatic heterocycles. The van der Waals surface area contributed by atoms with E-state index < -0.39 is 5.69 Å². The van der Waals surface area contributed by atoms with Gasteiger partial charge in [-0.25, -0.2) is 9.36 Å². The number of benzene rings is 1. The van der Waals surface area contributed by atoms with E-state index in [-0.39, 0.29) is 28.4 Å². The first-order chi connectivity index (χ1) is 14.0. The number of pyridine rings is 1. The first-order valence-electron chi connectivity index (χ1n) is 9.61. The highest BCUT2D eigenvalue weighted by atomic mass is 35.5. The smallest absolute Gasteiger partial charge is 0.333 e. The minimum atomic E-state index is -0.435. The molecular weight excluding hydrogens is 392 g/mol. The molecule has 1 aromatic carbocycles. The molecule has 1 fully saturated rings. The first kappa shape index (κ1) is 19.3. The van der Waals surface area contributed by atoms with Crippen LogP contribution in [0.1, 0.15) is 54.2 Å². The zero-order chi connectivity index (χ0) is 20.4. The van der Waals surface area contributed by atoms with Crippen LogP contribution in [-0.4, -0.2) is 25.5 Å². The second-order valence-electron chi connectivity index (χ2n) is 7.17. The van der Waals surface area contributed by atoms with Gasteiger partial charge < -0.3 is 15.4 Å². The van der Waals surface area contributed by atoms with Crippen molar-refractivity contribution < 1.29 is 9.90 Å². The van der Waals surface area contributed by atoms with E-state index in [0.717, 1.165) is 25.7 Å². The van der Waals surface area contributed by atoms with E-state index >= 15 is 0 Å². The number of aromatic hydroxyl groups is 1. The van der Waals surface area contributed by atoms with Gasteiger partial charge in [0.05, 0.1) is 16.4 Å². The van der Waals surface area contributed by atoms with Gasteiger partial charge in [-0.05, 0) is 43.2 Å². The lowest BCUT2D eigenvalue weighted by molar-refractivity contribution is 0.102. The predicted octanol–water partition coefficient (Wildman–Crippen LogP) is 4.22. The van der Waals surface area contributed by atoms with Crippen LogP contribution in [0, 0.1) is 0 Å². The Hall–Kier alpha value is -3.06. The number of carbonyl (C=O) groups is 1. The second kappa shape index (κ2) is 8.13. The van der Waals surface area contributed by atoms with Crippen molar-refractivity contribution in [1.29, 1.82) is 0 Å². The molecule has 0 saturated heterocycles. The number of carbonyl (C=O) groups excluding carboxylic acids is 1. The number of nitrogens with zero attached hydrogens (tertiary/aromatic N) is 2. The van der Waals surface area contributed by atoms with E-state index in [2.05, 4.69) is 15.3 Å². The van der Waals surface area contributed by atoms with Crippen LogP contribution >= 0.6 is 11.6 Å². The van der Waals surface area contributed by atoms with Gasteiger partial charge in [0.2, 0.25) is 5.88 Å². The number of hydrogen-bond acceptors (Lipinski definition) is 4. The molecule has 0 atom stereocenters. The maximum Gasteiger partial charge on any atom is 0.333 e. The van der Waals surface area contributed by atoms with Crippen molar-refractivity contribution in [1.82, 2.24) is 14.5 Å². The van der Waals surface area contributed by atoms with Crippen LogP contribution in [0.2, 0.25) is 5.02 Å². The zero-order valence-corrected chi connectivity index (χ0v) is 16.4. The molecule has 0 aliphatic heterocycles. The summed E-state index contributed by atoms with van der Waals surface area (Å²) in [5.41, 5.74) is 1.23. The minimum Gasteiger partial charge on any atom is -0.493 e. The molecule has 0 radical (unpaired) electrons. The number of amides is 1. The molecule has 1 aliphatic carbocycles. The molecule has 8 heteroatoms. The van der Waals surface area contributed by atoms with Crippen LogP contribution in [-0.2, 0) is 0 Å². The summed E-state index contributed by atoms with van der Waals surface area (Å²) in [5, 5.41) is 13.7. The Balaban J connectivity index is 1.61. The van der Waals surface area contributed by atoms with Crippen LogP contribution in [0.15, 0.2) is 47.4 Å². The Bertz CT molecular complexity index is 1090. The number of imidazole rings is 1. The van der Waals surface area contributed by atoms with Gasteiger partial charge in [-0.15, -0.1) is 0 Å². The van der Waals surface area contributed by atoms with Crippen LogP contribution in [0.25, 0.3) is 5.69 Å². The molecule has 7 nitrogen and oxygen atoms in total. The summed E-state index contributed by atoms with van der Waals surface area (Å²) < 4.78 is 1.18. The number of aromatic nitrogens is 3. The second-order valence-corrected chi connectivity index (χ2v) is 7.58. The van der Waals surface area contributed by atoms with Crippen LogP contribution in [0.5, 0.6) is 5.88 Å². The van der Waals surface area contributed by atoms with Gasteiger partial charge in [-0.2, -0.15) is 0 Å². The van der Waals surface area contributed by atoms with Gasteiger partial charge in [0.1, 0.15) is 5.69 Å². The van der Waals surface area contributed by atoms with E-state index in [9.17, 15) is 14.7 Å². The Labute approximate surface area is 172 Å². The molecule has 3 N–H and O–H groups in total. The average Bonchev–Trinajstić information content (AvgIpc) is 3.04. The monoisotopic (exact) mass is 412 g/mol. The van der Waals surface area contributed by atoms with E-state index in [1.54, 1.807) is 30.3 Å². The fourth-order valence-corrected chi connectivity index (χ4v) is 4.07. The molecular formula is C21H21ClN4O3. The predicted molar refractivity (Wildman–Crippen MR) is 111 cm³/mol. The Morgan fingerprint density at radius 1 is 1.21 bits per heavy atom. The quantitative estimate of drug-likeness (QED) is 0.597. The van der Waals surface area contributed by atoms with E-state index in [0.29, 0.717) is 17.1 Å². The highest BCUT2D eigenvalue weighted by molar-refractivity contribution is 6.32. The summed E-state index contributed by atoms with van der Waals surface area (Å²) in [6.07, 6.45) is 6.78. The summed E-state index contributed by atoms with van der Waals surface area (Å²) >= 11 is 6.38. The number of nitrogens with one attached hydrogen (secondary N) is 2. The molecule has 1 amide bonds. The van der Waals surface area contributed by atoms with Crippen LogP contribution in [0.3, 0.4) is 0 Å². The average molecular weight is 413 g/mol. The van der Waals surface area contributed by atoms with Gasteiger partial charge in [0.15, 0.2) is 0 Å². The van der Waals surface area contributed by atoms with E-state index in [1.165, 1.54) is 23.3 Å². The number of hydrogen-bond donors (Lipinski definition) is 3. The first-order valence-corrected chi connectivity index (χ1v) is 9.98. The standard InChI is InChI=1S/C21H21ClN4O3/c22-15-12-14(24-19(27)16-8-4-5-11-23-16)9-10-17(15)26-20(28)18(25-21(26)29)13-6-2-1-3-7-13/h4-5,8-13,28H,1-3,6-7H2,(H,24,27)(H,25,29). The molecule has 3 aromatic rings. The van der Waals surface area contributed by atoms with Crippen molar-refractivity contribution in [2.45, 2.75) is 38.0 Å². The van der Waals surface area contributed by atoms with Crippen LogP contribution < -0.4 is 11.0 Å². The fourth-order valence-electron chi connectivity index (χ4n) is 3.80. The third kappa shape index (κ3) is 3.91. The van der Waals surface area contributed by atoms with Gasteiger partial charge in [-0.1, -0.05) is 36.9 Å². The number of rotatable bonds is 4. The summed E-state index contributed by atoms with van der Waals surface area (Å²) in [7, 11) is 0. The summed E-state index contributed by atoms with van der Waals surface area (Å²) in [6.45, 7) is 0. The lowest BCUT2D eigenvalue weighted by atomic mass is 9.87. The van der Waals surface area contributed by atoms with Gasteiger partial charge in [0, 0.05) is 17.8 Å². The van der Waals surface area contributed by atoms with Gasteiger partial charge >= 0.3 is 5.69 Å². The highest BCUT2D eigenvalue weighted by Crippen LogP contribution is 2.37. The molecule has 150 valence electrons. The van der Waals surface area contributed by atoms with Crippen molar-refractivity contribution in [3.8, 4) is 11.6 Å².